The molecule has 198 valence electrons. The average molecular weight is 532 g/mol. The number of aromatic nitrogens is 2. The fourth-order valence-corrected chi connectivity index (χ4v) is 5.76. The molecule has 0 spiro atoms. The number of hydrogen-bond acceptors (Lipinski definition) is 8. The minimum Gasteiger partial charge on any atom is -0.365 e. The third kappa shape index (κ3) is 5.61. The molecule has 2 aliphatic rings. The van der Waals surface area contributed by atoms with Crippen molar-refractivity contribution in [2.45, 2.75) is 55.6 Å². The van der Waals surface area contributed by atoms with Gasteiger partial charge in [-0.1, -0.05) is 31.0 Å². The second-order valence-electron chi connectivity index (χ2n) is 9.80. The molecule has 0 saturated heterocycles. The Morgan fingerprint density at radius 3 is 2.68 bits per heavy atom. The molecule has 0 radical (unpaired) electrons. The molecule has 1 saturated carbocycles. The molecule has 2 heterocycles. The normalized spacial score (nSPS) is 18.9. The number of nitrogens with two attached hydrogens (primary N) is 2. The number of carbonyl (C=O) groups excluding carboxylic acids is 2. The van der Waals surface area contributed by atoms with Crippen molar-refractivity contribution in [3.63, 3.8) is 0 Å². The lowest BCUT2D eigenvalue weighted by Gasteiger charge is -2.30. The molecular formula is C28H33N7O2S. The number of fused-ring (bicyclic) bond motifs is 1. The Morgan fingerprint density at radius 1 is 1.08 bits per heavy atom. The van der Waals surface area contributed by atoms with Gasteiger partial charge in [-0.15, -0.1) is 11.8 Å². The van der Waals surface area contributed by atoms with E-state index in [1.807, 2.05) is 47.6 Å². The first kappa shape index (κ1) is 26.0. The molecule has 3 aromatic rings. The molecule has 2 unspecified atom stereocenters. The van der Waals surface area contributed by atoms with Gasteiger partial charge in [-0.2, -0.15) is 4.98 Å². The highest BCUT2D eigenvalue weighted by atomic mass is 32.2. The SMILES string of the molecule is CSc1ccccc1C(=O)N1CCc2ccc(Nc3nc(NC4CCCCC4N)ncc3C(N)=O)cc2C1. The standard InChI is InChI=1S/C28H33N7O2S/c1-38-24-9-5-2-6-20(24)27(37)35-13-12-17-10-11-19(14-18(17)16-35)32-26-21(25(30)36)15-31-28(34-26)33-23-8-4-3-7-22(23)29/h2,5-6,9-11,14-15,22-23H,3-4,7-8,12-13,16,29H2,1H3,(H2,30,36)(H2,31,32,33,34). The summed E-state index contributed by atoms with van der Waals surface area (Å²) < 4.78 is 0. The van der Waals surface area contributed by atoms with Crippen LogP contribution < -0.4 is 22.1 Å². The van der Waals surface area contributed by atoms with Crippen LogP contribution in [0.1, 0.15) is 57.5 Å². The van der Waals surface area contributed by atoms with Crippen LogP contribution in [0.15, 0.2) is 53.6 Å². The molecule has 10 heteroatoms. The van der Waals surface area contributed by atoms with Crippen molar-refractivity contribution in [3.05, 3.63) is 70.9 Å². The molecule has 2 atom stereocenters. The van der Waals surface area contributed by atoms with Crippen molar-refractivity contribution in [1.29, 1.82) is 0 Å². The maximum Gasteiger partial charge on any atom is 0.255 e. The van der Waals surface area contributed by atoms with Gasteiger partial charge in [0.1, 0.15) is 11.4 Å². The van der Waals surface area contributed by atoms with E-state index >= 15 is 0 Å². The van der Waals surface area contributed by atoms with E-state index in [1.54, 1.807) is 11.8 Å². The van der Waals surface area contributed by atoms with Crippen LogP contribution in [0.3, 0.4) is 0 Å². The third-order valence-corrected chi connectivity index (χ3v) is 8.09. The van der Waals surface area contributed by atoms with Gasteiger partial charge in [0, 0.05) is 42.0 Å². The van der Waals surface area contributed by atoms with E-state index in [2.05, 4.69) is 26.7 Å². The summed E-state index contributed by atoms with van der Waals surface area (Å²) in [7, 11) is 0. The highest BCUT2D eigenvalue weighted by Gasteiger charge is 2.25. The number of nitrogens with one attached hydrogen (secondary N) is 2. The summed E-state index contributed by atoms with van der Waals surface area (Å²) in [5.74, 6) is 0.150. The molecule has 5 rings (SSSR count). The van der Waals surface area contributed by atoms with Crippen LogP contribution in [-0.4, -0.2) is 51.6 Å². The smallest absolute Gasteiger partial charge is 0.255 e. The number of carbonyl (C=O) groups is 2. The van der Waals surface area contributed by atoms with Gasteiger partial charge in [0.15, 0.2) is 0 Å². The van der Waals surface area contributed by atoms with Gasteiger partial charge in [0.2, 0.25) is 5.95 Å². The molecule has 1 aromatic heterocycles. The Morgan fingerprint density at radius 2 is 1.89 bits per heavy atom. The summed E-state index contributed by atoms with van der Waals surface area (Å²) in [6.07, 6.45) is 8.33. The van der Waals surface area contributed by atoms with Gasteiger partial charge in [-0.05, 0) is 60.9 Å². The zero-order valence-corrected chi connectivity index (χ0v) is 22.3. The van der Waals surface area contributed by atoms with Gasteiger partial charge in [-0.3, -0.25) is 9.59 Å². The second-order valence-corrected chi connectivity index (χ2v) is 10.7. The molecule has 0 bridgehead atoms. The van der Waals surface area contributed by atoms with Crippen LogP contribution in [0, 0.1) is 0 Å². The van der Waals surface area contributed by atoms with Crippen molar-refractivity contribution in [3.8, 4) is 0 Å². The fourth-order valence-electron chi connectivity index (χ4n) is 5.17. The number of anilines is 3. The summed E-state index contributed by atoms with van der Waals surface area (Å²) in [4.78, 5) is 37.2. The minimum atomic E-state index is -0.615. The van der Waals surface area contributed by atoms with Gasteiger partial charge < -0.3 is 27.0 Å². The first-order valence-corrected chi connectivity index (χ1v) is 14.2. The zero-order valence-electron chi connectivity index (χ0n) is 21.4. The van der Waals surface area contributed by atoms with E-state index in [0.717, 1.165) is 53.8 Å². The lowest BCUT2D eigenvalue weighted by Crippen LogP contribution is -2.43. The predicted octanol–water partition coefficient (Wildman–Crippen LogP) is 3.92. The Hall–Kier alpha value is -3.63. The first-order valence-electron chi connectivity index (χ1n) is 12.9. The topological polar surface area (TPSA) is 139 Å². The van der Waals surface area contributed by atoms with Crippen molar-refractivity contribution >= 4 is 41.0 Å². The number of amides is 2. The Kier molecular flexibility index (Phi) is 7.80. The van der Waals surface area contributed by atoms with Crippen molar-refractivity contribution in [1.82, 2.24) is 14.9 Å². The summed E-state index contributed by atoms with van der Waals surface area (Å²) >= 11 is 1.57. The van der Waals surface area contributed by atoms with Crippen LogP contribution in [-0.2, 0) is 13.0 Å². The van der Waals surface area contributed by atoms with E-state index in [9.17, 15) is 9.59 Å². The second kappa shape index (κ2) is 11.4. The van der Waals surface area contributed by atoms with Gasteiger partial charge in [0.25, 0.3) is 11.8 Å². The molecule has 2 aromatic carbocycles. The van der Waals surface area contributed by atoms with Gasteiger partial charge in [0.05, 0.1) is 5.56 Å². The lowest BCUT2D eigenvalue weighted by atomic mass is 9.91. The van der Waals surface area contributed by atoms with Crippen LogP contribution in [0.5, 0.6) is 0 Å². The van der Waals surface area contributed by atoms with Crippen LogP contribution in [0.4, 0.5) is 17.5 Å². The summed E-state index contributed by atoms with van der Waals surface area (Å²) in [6.45, 7) is 1.17. The molecule has 38 heavy (non-hydrogen) atoms. The van der Waals surface area contributed by atoms with E-state index in [-0.39, 0.29) is 23.6 Å². The quantitative estimate of drug-likeness (QED) is 0.337. The Labute approximate surface area is 226 Å². The minimum absolute atomic E-state index is 0.0300. The van der Waals surface area contributed by atoms with Crippen LogP contribution in [0.25, 0.3) is 0 Å². The summed E-state index contributed by atoms with van der Waals surface area (Å²) in [5, 5.41) is 6.59. The maximum absolute atomic E-state index is 13.3. The molecule has 2 amide bonds. The number of primary amides is 1. The van der Waals surface area contributed by atoms with E-state index in [0.29, 0.717) is 24.9 Å². The summed E-state index contributed by atoms with van der Waals surface area (Å²) in [5.41, 5.74) is 15.8. The van der Waals surface area contributed by atoms with Crippen molar-refractivity contribution < 1.29 is 9.59 Å². The van der Waals surface area contributed by atoms with Crippen LogP contribution in [0.2, 0.25) is 0 Å². The van der Waals surface area contributed by atoms with Crippen molar-refractivity contribution in [2.75, 3.05) is 23.4 Å². The molecule has 6 N–H and O–H groups in total. The van der Waals surface area contributed by atoms with E-state index in [4.69, 9.17) is 11.5 Å². The van der Waals surface area contributed by atoms with Crippen LogP contribution >= 0.6 is 11.8 Å². The highest BCUT2D eigenvalue weighted by Crippen LogP contribution is 2.29. The predicted molar refractivity (Wildman–Crippen MR) is 151 cm³/mol. The molecular weight excluding hydrogens is 498 g/mol. The van der Waals surface area contributed by atoms with E-state index in [1.165, 1.54) is 11.8 Å². The third-order valence-electron chi connectivity index (χ3n) is 7.29. The number of thioether (sulfide) groups is 1. The number of benzene rings is 2. The number of hydrogen-bond donors (Lipinski definition) is 4. The zero-order chi connectivity index (χ0) is 26.6. The summed E-state index contributed by atoms with van der Waals surface area (Å²) in [6, 6.07) is 13.8. The Bertz CT molecular complexity index is 1350. The Balaban J connectivity index is 1.36. The average Bonchev–Trinajstić information content (AvgIpc) is 2.93. The molecule has 1 aliphatic heterocycles. The monoisotopic (exact) mass is 531 g/mol. The molecule has 1 aliphatic carbocycles. The number of nitrogens with zero attached hydrogens (tertiary/aromatic N) is 3. The fraction of sp³-hybridized carbons (Fsp3) is 0.357. The number of rotatable bonds is 7. The molecule has 9 nitrogen and oxygen atoms in total. The van der Waals surface area contributed by atoms with Crippen molar-refractivity contribution in [2.24, 2.45) is 11.5 Å². The lowest BCUT2D eigenvalue weighted by molar-refractivity contribution is 0.0731. The highest BCUT2D eigenvalue weighted by molar-refractivity contribution is 7.98. The van der Waals surface area contributed by atoms with Gasteiger partial charge in [-0.25, -0.2) is 4.98 Å². The van der Waals surface area contributed by atoms with Gasteiger partial charge >= 0.3 is 0 Å². The van der Waals surface area contributed by atoms with E-state index < -0.39 is 5.91 Å². The first-order chi connectivity index (χ1) is 18.4. The molecule has 1 fully saturated rings. The largest absolute Gasteiger partial charge is 0.365 e. The maximum atomic E-state index is 13.3.